The lowest BCUT2D eigenvalue weighted by Crippen LogP contribution is -2.28. The van der Waals surface area contributed by atoms with Crippen molar-refractivity contribution in [2.24, 2.45) is 0 Å². The van der Waals surface area contributed by atoms with Gasteiger partial charge in [-0.1, -0.05) is 176 Å². The van der Waals surface area contributed by atoms with Crippen molar-refractivity contribution < 1.29 is 0 Å². The molecule has 0 unspecified atom stereocenters. The molecule has 0 saturated carbocycles. The first-order chi connectivity index (χ1) is 32.2. The molecule has 13 rings (SSSR count). The molecule has 0 amide bonds. The molecule has 0 N–H and O–H groups in total. The van der Waals surface area contributed by atoms with E-state index in [1.165, 1.54) is 33.4 Å². The third kappa shape index (κ3) is 5.83. The summed E-state index contributed by atoms with van der Waals surface area (Å²) in [5, 5.41) is 5.44. The molecule has 302 valence electrons. The molecule has 0 fully saturated rings. The molecule has 4 aromatic heterocycles. The lowest BCUT2D eigenvalue weighted by atomic mass is 9.67. The maximum absolute atomic E-state index is 5.43. The average molecular weight is 828 g/mol. The highest BCUT2D eigenvalue weighted by molar-refractivity contribution is 6.13. The Labute approximate surface area is 375 Å². The summed E-state index contributed by atoms with van der Waals surface area (Å²) in [6.45, 7) is 0. The van der Waals surface area contributed by atoms with Crippen LogP contribution in [0.25, 0.3) is 99.9 Å². The Bertz CT molecular complexity index is 3790. The SMILES string of the molecule is c1ccc(-c2ccc3ccc4ccc(-c5ccnc(-c6cccc(-c7nc8ccccc8c8cc9c(cc78)-c7ccccc7C9(c7ccccc7)c7ccccc7)c6)n5)nc4c3n2)cc1. The molecule has 4 heterocycles. The van der Waals surface area contributed by atoms with Gasteiger partial charge in [-0.25, -0.2) is 24.9 Å². The van der Waals surface area contributed by atoms with Crippen LogP contribution in [0, 0.1) is 0 Å². The van der Waals surface area contributed by atoms with Crippen LogP contribution in [0.1, 0.15) is 22.3 Å². The molecule has 0 atom stereocenters. The molecule has 0 bridgehead atoms. The van der Waals surface area contributed by atoms with Gasteiger partial charge in [0, 0.05) is 44.4 Å². The minimum absolute atomic E-state index is 0.510. The van der Waals surface area contributed by atoms with E-state index >= 15 is 0 Å². The van der Waals surface area contributed by atoms with Gasteiger partial charge in [-0.05, 0) is 81.2 Å². The molecule has 12 aromatic rings. The Hall–Kier alpha value is -8.67. The first-order valence-corrected chi connectivity index (χ1v) is 22.0. The second-order valence-corrected chi connectivity index (χ2v) is 16.8. The topological polar surface area (TPSA) is 64.5 Å². The Kier molecular flexibility index (Phi) is 8.36. The average Bonchev–Trinajstić information content (AvgIpc) is 3.68. The summed E-state index contributed by atoms with van der Waals surface area (Å²) in [7, 11) is 0. The van der Waals surface area contributed by atoms with Crippen molar-refractivity contribution >= 4 is 43.5 Å². The Balaban J connectivity index is 0.962. The predicted molar refractivity (Wildman–Crippen MR) is 264 cm³/mol. The largest absolute Gasteiger partial charge is 0.247 e. The van der Waals surface area contributed by atoms with Gasteiger partial charge in [0.1, 0.15) is 0 Å². The molecule has 1 aliphatic rings. The molecule has 1 aliphatic carbocycles. The maximum Gasteiger partial charge on any atom is 0.159 e. The molecule has 0 saturated heterocycles. The van der Waals surface area contributed by atoms with E-state index < -0.39 is 5.41 Å². The first kappa shape index (κ1) is 36.9. The third-order valence-corrected chi connectivity index (χ3v) is 13.2. The smallest absolute Gasteiger partial charge is 0.159 e. The summed E-state index contributed by atoms with van der Waals surface area (Å²) in [5.41, 5.74) is 15.9. The molecule has 0 aliphatic heterocycles. The van der Waals surface area contributed by atoms with E-state index in [1.54, 1.807) is 0 Å². The van der Waals surface area contributed by atoms with Gasteiger partial charge < -0.3 is 0 Å². The Morgan fingerprint density at radius 1 is 0.338 bits per heavy atom. The summed E-state index contributed by atoms with van der Waals surface area (Å²) < 4.78 is 0. The number of hydrogen-bond donors (Lipinski definition) is 0. The van der Waals surface area contributed by atoms with Crippen molar-refractivity contribution in [1.29, 1.82) is 0 Å². The fraction of sp³-hybridized carbons (Fsp3) is 0.0167. The number of aromatic nitrogens is 5. The molecule has 5 heteroatoms. The minimum Gasteiger partial charge on any atom is -0.247 e. The standard InChI is InChI=1S/C60H37N5/c1-4-15-38(16-5-1)52-31-29-39-27-28-40-30-32-54(64-58(40)57(39)62-52)55-33-34-61-59(65-55)42-18-14-17-41(35-42)56-49-36-48-45-23-10-12-25-50(45)60(43-19-6-2-7-20-43,44-21-8-3-9-22-44)51(48)37-47(49)46-24-11-13-26-53(46)63-56/h1-37H. The van der Waals surface area contributed by atoms with E-state index in [1.807, 2.05) is 36.5 Å². The molecule has 5 nitrogen and oxygen atoms in total. The molecule has 0 radical (unpaired) electrons. The van der Waals surface area contributed by atoms with Crippen molar-refractivity contribution in [3.05, 3.63) is 247 Å². The molecular formula is C60H37N5. The summed E-state index contributed by atoms with van der Waals surface area (Å²) in [5.74, 6) is 0.615. The fourth-order valence-electron chi connectivity index (χ4n) is 10.2. The fourth-order valence-corrected chi connectivity index (χ4v) is 10.2. The second-order valence-electron chi connectivity index (χ2n) is 16.8. The van der Waals surface area contributed by atoms with E-state index in [-0.39, 0.29) is 0 Å². The highest BCUT2D eigenvalue weighted by Gasteiger charge is 2.46. The maximum atomic E-state index is 5.43. The van der Waals surface area contributed by atoms with Gasteiger partial charge >= 0.3 is 0 Å². The van der Waals surface area contributed by atoms with Crippen LogP contribution in [0.3, 0.4) is 0 Å². The van der Waals surface area contributed by atoms with Gasteiger partial charge in [0.25, 0.3) is 0 Å². The number of hydrogen-bond acceptors (Lipinski definition) is 5. The van der Waals surface area contributed by atoms with Gasteiger partial charge in [0.15, 0.2) is 5.82 Å². The molecular weight excluding hydrogens is 791 g/mol. The monoisotopic (exact) mass is 827 g/mol. The van der Waals surface area contributed by atoms with Crippen LogP contribution in [0.2, 0.25) is 0 Å². The number of rotatable bonds is 6. The van der Waals surface area contributed by atoms with E-state index in [0.29, 0.717) is 5.82 Å². The summed E-state index contributed by atoms with van der Waals surface area (Å²) in [6, 6.07) is 77.4. The van der Waals surface area contributed by atoms with Gasteiger partial charge in [-0.15, -0.1) is 0 Å². The predicted octanol–water partition coefficient (Wildman–Crippen LogP) is 14.3. The quantitative estimate of drug-likeness (QED) is 0.156. The number of fused-ring (bicyclic) bond motifs is 9. The van der Waals surface area contributed by atoms with Crippen LogP contribution in [-0.2, 0) is 5.41 Å². The van der Waals surface area contributed by atoms with Gasteiger partial charge in [-0.2, -0.15) is 0 Å². The highest BCUT2D eigenvalue weighted by Crippen LogP contribution is 2.57. The summed E-state index contributed by atoms with van der Waals surface area (Å²) in [6.07, 6.45) is 1.82. The van der Waals surface area contributed by atoms with Gasteiger partial charge in [0.05, 0.1) is 44.7 Å². The number of para-hydroxylation sites is 1. The lowest BCUT2D eigenvalue weighted by Gasteiger charge is -2.34. The number of pyridine rings is 3. The van der Waals surface area contributed by atoms with E-state index in [4.69, 9.17) is 24.9 Å². The van der Waals surface area contributed by atoms with Crippen LogP contribution in [0.5, 0.6) is 0 Å². The van der Waals surface area contributed by atoms with Gasteiger partial charge in [-0.3, -0.25) is 0 Å². The van der Waals surface area contributed by atoms with Crippen LogP contribution >= 0.6 is 0 Å². The zero-order valence-corrected chi connectivity index (χ0v) is 35.1. The number of nitrogens with zero attached hydrogens (tertiary/aromatic N) is 5. The Morgan fingerprint density at radius 2 is 0.938 bits per heavy atom. The van der Waals surface area contributed by atoms with Crippen molar-refractivity contribution in [1.82, 2.24) is 24.9 Å². The van der Waals surface area contributed by atoms with E-state index in [2.05, 4.69) is 188 Å². The highest BCUT2D eigenvalue weighted by atomic mass is 14.9. The normalized spacial score (nSPS) is 12.7. The van der Waals surface area contributed by atoms with E-state index in [0.717, 1.165) is 82.9 Å². The summed E-state index contributed by atoms with van der Waals surface area (Å²) in [4.78, 5) is 25.7. The zero-order valence-electron chi connectivity index (χ0n) is 35.1. The van der Waals surface area contributed by atoms with Crippen molar-refractivity contribution in [3.8, 4) is 56.4 Å². The molecule has 65 heavy (non-hydrogen) atoms. The summed E-state index contributed by atoms with van der Waals surface area (Å²) >= 11 is 0. The Morgan fingerprint density at radius 3 is 1.71 bits per heavy atom. The zero-order chi connectivity index (χ0) is 42.9. The molecule has 0 spiro atoms. The van der Waals surface area contributed by atoms with Crippen LogP contribution in [0.15, 0.2) is 225 Å². The van der Waals surface area contributed by atoms with Crippen LogP contribution < -0.4 is 0 Å². The first-order valence-electron chi connectivity index (χ1n) is 22.0. The minimum atomic E-state index is -0.510. The van der Waals surface area contributed by atoms with Crippen LogP contribution in [-0.4, -0.2) is 24.9 Å². The third-order valence-electron chi connectivity index (χ3n) is 13.2. The lowest BCUT2D eigenvalue weighted by molar-refractivity contribution is 0.769. The van der Waals surface area contributed by atoms with Crippen molar-refractivity contribution in [3.63, 3.8) is 0 Å². The second kappa shape index (κ2) is 14.7. The number of benzene rings is 8. The van der Waals surface area contributed by atoms with Crippen molar-refractivity contribution in [2.75, 3.05) is 0 Å². The van der Waals surface area contributed by atoms with Crippen LogP contribution in [0.4, 0.5) is 0 Å². The van der Waals surface area contributed by atoms with Gasteiger partial charge in [0.2, 0.25) is 0 Å². The van der Waals surface area contributed by atoms with Crippen molar-refractivity contribution in [2.45, 2.75) is 5.41 Å². The molecule has 8 aromatic carbocycles. The van der Waals surface area contributed by atoms with E-state index in [9.17, 15) is 0 Å².